The number of hydrogen-bond donors (Lipinski definition) is 0. The van der Waals surface area contributed by atoms with E-state index >= 15 is 0 Å². The minimum atomic E-state index is 0.541. The Labute approximate surface area is 235 Å². The van der Waals surface area contributed by atoms with Crippen molar-refractivity contribution in [1.82, 2.24) is 0 Å². The second-order valence-electron chi connectivity index (χ2n) is 10.8. The summed E-state index contributed by atoms with van der Waals surface area (Å²) in [6.07, 6.45) is 33.2. The van der Waals surface area contributed by atoms with Crippen LogP contribution in [0.3, 0.4) is 0 Å². The quantitative estimate of drug-likeness (QED) is 0.303. The van der Waals surface area contributed by atoms with E-state index in [4.69, 9.17) is 0 Å². The highest BCUT2D eigenvalue weighted by Crippen LogP contribution is 2.32. The molecule has 1 heteroatoms. The van der Waals surface area contributed by atoms with Crippen molar-refractivity contribution < 1.29 is 0 Å². The van der Waals surface area contributed by atoms with E-state index in [1.807, 2.05) is 0 Å². The Morgan fingerprint density at radius 1 is 0.769 bits per heavy atom. The first kappa shape index (κ1) is 26.8. The molecule has 0 bridgehead atoms. The van der Waals surface area contributed by atoms with Gasteiger partial charge in [0.1, 0.15) is 0 Å². The Kier molecular flexibility index (Phi) is 9.12. The lowest BCUT2D eigenvalue weighted by Gasteiger charge is -2.28. The molecule has 1 unspecified atom stereocenters. The molecule has 198 valence electrons. The van der Waals surface area contributed by atoms with Crippen molar-refractivity contribution in [3.63, 3.8) is 0 Å². The first-order valence-electron chi connectivity index (χ1n) is 14.6. The maximum Gasteiger partial charge on any atom is 0.0461 e. The van der Waals surface area contributed by atoms with Gasteiger partial charge in [-0.15, -0.1) is 0 Å². The summed E-state index contributed by atoms with van der Waals surface area (Å²) in [5.41, 5.74) is 10.6. The van der Waals surface area contributed by atoms with Crippen LogP contribution in [0.4, 0.5) is 5.69 Å². The number of rotatable bonds is 9. The average Bonchev–Trinajstić information content (AvgIpc) is 3.25. The molecular formula is C38H41N. The molecule has 0 fully saturated rings. The van der Waals surface area contributed by atoms with Gasteiger partial charge in [0.05, 0.1) is 0 Å². The van der Waals surface area contributed by atoms with Crippen LogP contribution in [0, 0.1) is 5.92 Å². The molecule has 1 atom stereocenters. The van der Waals surface area contributed by atoms with Crippen LogP contribution in [-0.4, -0.2) is 0 Å². The molecule has 0 N–H and O–H groups in total. The van der Waals surface area contributed by atoms with E-state index in [0.717, 1.165) is 32.1 Å². The highest BCUT2D eigenvalue weighted by molar-refractivity contribution is 5.76. The summed E-state index contributed by atoms with van der Waals surface area (Å²) in [4.78, 5) is 2.38. The van der Waals surface area contributed by atoms with E-state index < -0.39 is 0 Å². The number of para-hydroxylation sites is 1. The zero-order valence-corrected chi connectivity index (χ0v) is 23.5. The number of hydrogen-bond acceptors (Lipinski definition) is 1. The zero-order valence-electron chi connectivity index (χ0n) is 23.5. The van der Waals surface area contributed by atoms with Gasteiger partial charge in [0.25, 0.3) is 0 Å². The Morgan fingerprint density at radius 2 is 1.51 bits per heavy atom. The van der Waals surface area contributed by atoms with Crippen LogP contribution in [0.25, 0.3) is 5.57 Å². The molecule has 0 amide bonds. The number of allylic oxidation sites excluding steroid dienone is 14. The van der Waals surface area contributed by atoms with Crippen molar-refractivity contribution in [3.05, 3.63) is 155 Å². The van der Waals surface area contributed by atoms with Gasteiger partial charge in [-0.05, 0) is 111 Å². The lowest BCUT2D eigenvalue weighted by Crippen LogP contribution is -2.20. The Morgan fingerprint density at radius 3 is 2.21 bits per heavy atom. The Balaban J connectivity index is 1.32. The normalized spacial score (nSPS) is 18.1. The van der Waals surface area contributed by atoms with E-state index in [1.54, 1.807) is 0 Å². The van der Waals surface area contributed by atoms with E-state index in [0.29, 0.717) is 5.92 Å². The molecular weight excluding hydrogens is 470 g/mol. The summed E-state index contributed by atoms with van der Waals surface area (Å²) in [5, 5.41) is 0. The largest absolute Gasteiger partial charge is 0.311 e. The van der Waals surface area contributed by atoms with Crippen molar-refractivity contribution in [2.75, 3.05) is 4.90 Å². The Hall–Kier alpha value is -3.84. The second-order valence-corrected chi connectivity index (χ2v) is 10.8. The molecule has 0 aliphatic heterocycles. The van der Waals surface area contributed by atoms with Crippen LogP contribution in [0.5, 0.6) is 0 Å². The first-order chi connectivity index (χ1) is 19.2. The number of benzene rings is 2. The summed E-state index contributed by atoms with van der Waals surface area (Å²) in [6, 6.07) is 20.0. The molecule has 39 heavy (non-hydrogen) atoms. The van der Waals surface area contributed by atoms with Crippen LogP contribution in [0.15, 0.2) is 144 Å². The van der Waals surface area contributed by atoms with Gasteiger partial charge in [0, 0.05) is 17.1 Å². The summed E-state index contributed by atoms with van der Waals surface area (Å²) in [5.74, 6) is 0.541. The van der Waals surface area contributed by atoms with Crippen molar-refractivity contribution >= 4 is 11.3 Å². The fourth-order valence-electron chi connectivity index (χ4n) is 5.66. The van der Waals surface area contributed by atoms with Crippen LogP contribution in [-0.2, 0) is 6.42 Å². The molecule has 1 nitrogen and oxygen atoms in total. The summed E-state index contributed by atoms with van der Waals surface area (Å²) in [7, 11) is 0. The first-order valence-corrected chi connectivity index (χ1v) is 14.6. The maximum absolute atomic E-state index is 2.45. The van der Waals surface area contributed by atoms with Gasteiger partial charge < -0.3 is 4.90 Å². The molecule has 0 heterocycles. The molecule has 2 aromatic carbocycles. The molecule has 0 spiro atoms. The van der Waals surface area contributed by atoms with Crippen LogP contribution < -0.4 is 4.90 Å². The molecule has 3 aliphatic carbocycles. The third-order valence-electron chi connectivity index (χ3n) is 7.93. The van der Waals surface area contributed by atoms with Gasteiger partial charge in [-0.2, -0.15) is 0 Å². The molecule has 0 radical (unpaired) electrons. The topological polar surface area (TPSA) is 3.24 Å². The smallest absolute Gasteiger partial charge is 0.0461 e. The number of anilines is 1. The number of nitrogens with zero attached hydrogens (tertiary/aromatic N) is 1. The molecule has 0 aromatic heterocycles. The van der Waals surface area contributed by atoms with E-state index in [-0.39, 0.29) is 0 Å². The lowest BCUT2D eigenvalue weighted by atomic mass is 9.84. The molecule has 5 rings (SSSR count). The van der Waals surface area contributed by atoms with Crippen LogP contribution in [0.1, 0.15) is 63.5 Å². The monoisotopic (exact) mass is 511 g/mol. The van der Waals surface area contributed by atoms with Crippen LogP contribution >= 0.6 is 0 Å². The van der Waals surface area contributed by atoms with Crippen molar-refractivity contribution in [2.45, 2.75) is 58.8 Å². The standard InChI is InChI=1S/C38H41N/c1-3-30(2)28-35(32-14-7-4-8-15-32)29-31-22-24-34(25-23-31)33-16-13-21-38(27-26-33)39(36-17-9-5-10-18-36)37-19-11-6-12-20-37/h3,5,7,9-11,14-27,35H,4,6,8,12-13,28-29H2,1-2H3/b30-3+. The average molecular weight is 512 g/mol. The molecule has 0 saturated heterocycles. The fourth-order valence-corrected chi connectivity index (χ4v) is 5.66. The van der Waals surface area contributed by atoms with Gasteiger partial charge in [-0.25, -0.2) is 0 Å². The maximum atomic E-state index is 2.45. The van der Waals surface area contributed by atoms with Crippen molar-refractivity contribution in [1.29, 1.82) is 0 Å². The fraction of sp³-hybridized carbons (Fsp3) is 0.263. The van der Waals surface area contributed by atoms with Crippen LogP contribution in [0.2, 0.25) is 0 Å². The summed E-state index contributed by atoms with van der Waals surface area (Å²) >= 11 is 0. The van der Waals surface area contributed by atoms with Gasteiger partial charge >= 0.3 is 0 Å². The predicted molar refractivity (Wildman–Crippen MR) is 169 cm³/mol. The Bertz CT molecular complexity index is 1370. The van der Waals surface area contributed by atoms with Gasteiger partial charge in [-0.3, -0.25) is 0 Å². The van der Waals surface area contributed by atoms with E-state index in [1.165, 1.54) is 57.8 Å². The minimum absolute atomic E-state index is 0.541. The third kappa shape index (κ3) is 6.98. The highest BCUT2D eigenvalue weighted by Gasteiger charge is 2.17. The third-order valence-corrected chi connectivity index (χ3v) is 7.93. The predicted octanol–water partition coefficient (Wildman–Crippen LogP) is 10.4. The molecule has 3 aliphatic rings. The molecule has 0 saturated carbocycles. The minimum Gasteiger partial charge on any atom is -0.311 e. The lowest BCUT2D eigenvalue weighted by molar-refractivity contribution is 0.608. The summed E-state index contributed by atoms with van der Waals surface area (Å²) < 4.78 is 0. The van der Waals surface area contributed by atoms with Gasteiger partial charge in [-0.1, -0.05) is 103 Å². The van der Waals surface area contributed by atoms with Crippen molar-refractivity contribution in [2.24, 2.45) is 5.92 Å². The van der Waals surface area contributed by atoms with Gasteiger partial charge in [0.2, 0.25) is 0 Å². The van der Waals surface area contributed by atoms with Crippen molar-refractivity contribution in [3.8, 4) is 0 Å². The SMILES string of the molecule is C/C=C(\C)CC(Cc1ccc(C2=CCC=C(N(C3=CCCC=C3)c3ccccc3)C=C2)cc1)C1=CCCC=C1. The molecule has 2 aromatic rings. The van der Waals surface area contributed by atoms with E-state index in [9.17, 15) is 0 Å². The second kappa shape index (κ2) is 13.3. The zero-order chi connectivity index (χ0) is 26.9. The summed E-state index contributed by atoms with van der Waals surface area (Å²) in [6.45, 7) is 4.42. The van der Waals surface area contributed by atoms with E-state index in [2.05, 4.69) is 140 Å². The highest BCUT2D eigenvalue weighted by atomic mass is 15.1. The van der Waals surface area contributed by atoms with Gasteiger partial charge in [0.15, 0.2) is 0 Å².